The molecule has 0 aliphatic heterocycles. The zero-order valence-electron chi connectivity index (χ0n) is 13.9. The van der Waals surface area contributed by atoms with Crippen molar-refractivity contribution in [2.75, 3.05) is 5.32 Å². The molecule has 2 aromatic heterocycles. The standard InChI is InChI=1S/C20H13F3N4/c21-20(22,23)14-8-4-9-15(12-14)25-19-16-10-5-11-24-18(16)26-17(27-19)13-6-2-1-3-7-13/h1-12H,(H,24,25,26,27). The molecule has 4 aromatic rings. The molecule has 134 valence electrons. The number of fused-ring (bicyclic) bond motifs is 1. The SMILES string of the molecule is FC(F)(F)c1cccc(Nc2nc(-c3ccccc3)nc3ncccc23)c1. The van der Waals surface area contributed by atoms with E-state index in [1.54, 1.807) is 24.4 Å². The van der Waals surface area contributed by atoms with E-state index in [0.29, 0.717) is 22.7 Å². The Bertz CT molecular complexity index is 1100. The highest BCUT2D eigenvalue weighted by Crippen LogP contribution is 2.32. The molecule has 27 heavy (non-hydrogen) atoms. The van der Waals surface area contributed by atoms with Gasteiger partial charge in [-0.1, -0.05) is 36.4 Å². The van der Waals surface area contributed by atoms with Gasteiger partial charge in [-0.2, -0.15) is 13.2 Å². The van der Waals surface area contributed by atoms with Gasteiger partial charge in [-0.15, -0.1) is 0 Å². The third-order valence-electron chi connectivity index (χ3n) is 3.96. The number of hydrogen-bond donors (Lipinski definition) is 1. The van der Waals surface area contributed by atoms with Crippen LogP contribution in [0.3, 0.4) is 0 Å². The van der Waals surface area contributed by atoms with Crippen LogP contribution in [-0.2, 0) is 6.18 Å². The van der Waals surface area contributed by atoms with Gasteiger partial charge in [-0.05, 0) is 30.3 Å². The Balaban J connectivity index is 1.81. The molecule has 0 saturated carbocycles. The second-order valence-electron chi connectivity index (χ2n) is 5.84. The Labute approximate surface area is 152 Å². The highest BCUT2D eigenvalue weighted by Gasteiger charge is 2.30. The van der Waals surface area contributed by atoms with Gasteiger partial charge in [-0.3, -0.25) is 0 Å². The van der Waals surface area contributed by atoms with Crippen molar-refractivity contribution in [3.05, 3.63) is 78.5 Å². The average Bonchev–Trinajstić information content (AvgIpc) is 2.68. The molecule has 0 saturated heterocycles. The molecule has 0 fully saturated rings. The number of aromatic nitrogens is 3. The summed E-state index contributed by atoms with van der Waals surface area (Å²) in [6, 6.07) is 17.8. The molecule has 1 N–H and O–H groups in total. The molecular weight excluding hydrogens is 353 g/mol. The summed E-state index contributed by atoms with van der Waals surface area (Å²) in [5.74, 6) is 0.836. The topological polar surface area (TPSA) is 50.7 Å². The zero-order chi connectivity index (χ0) is 18.9. The molecule has 0 atom stereocenters. The predicted molar refractivity (Wildman–Crippen MR) is 97.5 cm³/mol. The van der Waals surface area contributed by atoms with Crippen LogP contribution < -0.4 is 5.32 Å². The Morgan fingerprint density at radius 1 is 0.815 bits per heavy atom. The Morgan fingerprint density at radius 3 is 2.41 bits per heavy atom. The van der Waals surface area contributed by atoms with Crippen LogP contribution in [0.5, 0.6) is 0 Å². The normalized spacial score (nSPS) is 11.5. The van der Waals surface area contributed by atoms with E-state index in [1.807, 2.05) is 30.3 Å². The molecule has 7 heteroatoms. The number of rotatable bonds is 3. The van der Waals surface area contributed by atoms with E-state index in [9.17, 15) is 13.2 Å². The van der Waals surface area contributed by atoms with Gasteiger partial charge in [0.05, 0.1) is 10.9 Å². The Hall–Kier alpha value is -3.48. The number of nitrogens with zero attached hydrogens (tertiary/aromatic N) is 3. The molecular formula is C20H13F3N4. The van der Waals surface area contributed by atoms with Crippen molar-refractivity contribution in [1.29, 1.82) is 0 Å². The van der Waals surface area contributed by atoms with E-state index in [2.05, 4.69) is 20.3 Å². The largest absolute Gasteiger partial charge is 0.416 e. The quantitative estimate of drug-likeness (QED) is 0.523. The van der Waals surface area contributed by atoms with Crippen LogP contribution in [0.15, 0.2) is 72.9 Å². The van der Waals surface area contributed by atoms with Crippen LogP contribution in [-0.4, -0.2) is 15.0 Å². The molecule has 0 radical (unpaired) electrons. The monoisotopic (exact) mass is 366 g/mol. The smallest absolute Gasteiger partial charge is 0.340 e. The second kappa shape index (κ2) is 6.68. The molecule has 2 heterocycles. The van der Waals surface area contributed by atoms with Crippen LogP contribution in [0, 0.1) is 0 Å². The molecule has 4 rings (SSSR count). The van der Waals surface area contributed by atoms with Gasteiger partial charge >= 0.3 is 6.18 Å². The van der Waals surface area contributed by atoms with Crippen molar-refractivity contribution in [3.8, 4) is 11.4 Å². The molecule has 0 aliphatic carbocycles. The van der Waals surface area contributed by atoms with Gasteiger partial charge in [0.25, 0.3) is 0 Å². The van der Waals surface area contributed by atoms with E-state index in [4.69, 9.17) is 0 Å². The summed E-state index contributed by atoms with van der Waals surface area (Å²) in [4.78, 5) is 13.2. The number of pyridine rings is 1. The minimum absolute atomic E-state index is 0.285. The lowest BCUT2D eigenvalue weighted by Crippen LogP contribution is -2.06. The lowest BCUT2D eigenvalue weighted by Gasteiger charge is -2.12. The molecule has 4 nitrogen and oxygen atoms in total. The van der Waals surface area contributed by atoms with Crippen molar-refractivity contribution >= 4 is 22.5 Å². The van der Waals surface area contributed by atoms with Crippen molar-refractivity contribution in [1.82, 2.24) is 15.0 Å². The summed E-state index contributed by atoms with van der Waals surface area (Å²) >= 11 is 0. The molecule has 0 amide bonds. The molecule has 2 aromatic carbocycles. The first-order chi connectivity index (χ1) is 13.0. The maximum absolute atomic E-state index is 13.0. The summed E-state index contributed by atoms with van der Waals surface area (Å²) in [6.45, 7) is 0. The number of anilines is 2. The van der Waals surface area contributed by atoms with Crippen LogP contribution >= 0.6 is 0 Å². The van der Waals surface area contributed by atoms with E-state index >= 15 is 0 Å². The highest BCUT2D eigenvalue weighted by molar-refractivity contribution is 5.89. The van der Waals surface area contributed by atoms with Gasteiger partial charge in [0, 0.05) is 17.4 Å². The third-order valence-corrected chi connectivity index (χ3v) is 3.96. The van der Waals surface area contributed by atoms with Crippen LogP contribution in [0.2, 0.25) is 0 Å². The first-order valence-corrected chi connectivity index (χ1v) is 8.13. The molecule has 0 spiro atoms. The molecule has 0 aliphatic rings. The van der Waals surface area contributed by atoms with Crippen molar-refractivity contribution in [3.63, 3.8) is 0 Å². The van der Waals surface area contributed by atoms with Gasteiger partial charge < -0.3 is 5.32 Å². The van der Waals surface area contributed by atoms with Crippen molar-refractivity contribution < 1.29 is 13.2 Å². The van der Waals surface area contributed by atoms with Crippen molar-refractivity contribution in [2.24, 2.45) is 0 Å². The predicted octanol–water partition coefficient (Wildman–Crippen LogP) is 5.45. The van der Waals surface area contributed by atoms with Crippen LogP contribution in [0.1, 0.15) is 5.56 Å². The van der Waals surface area contributed by atoms with Gasteiger partial charge in [-0.25, -0.2) is 15.0 Å². The maximum atomic E-state index is 13.0. The lowest BCUT2D eigenvalue weighted by molar-refractivity contribution is -0.137. The number of nitrogens with one attached hydrogen (secondary N) is 1. The Kier molecular flexibility index (Phi) is 4.19. The fraction of sp³-hybridized carbons (Fsp3) is 0.0500. The average molecular weight is 366 g/mol. The number of benzene rings is 2. The van der Waals surface area contributed by atoms with Crippen molar-refractivity contribution in [2.45, 2.75) is 6.18 Å². The fourth-order valence-corrected chi connectivity index (χ4v) is 2.68. The van der Waals surface area contributed by atoms with E-state index in [1.165, 1.54) is 6.07 Å². The highest BCUT2D eigenvalue weighted by atomic mass is 19.4. The maximum Gasteiger partial charge on any atom is 0.416 e. The number of halogens is 3. The number of alkyl halides is 3. The molecule has 0 unspecified atom stereocenters. The van der Waals surface area contributed by atoms with Gasteiger partial charge in [0.15, 0.2) is 11.5 Å². The lowest BCUT2D eigenvalue weighted by atomic mass is 10.2. The van der Waals surface area contributed by atoms with E-state index in [-0.39, 0.29) is 5.69 Å². The summed E-state index contributed by atoms with van der Waals surface area (Å²) < 4.78 is 38.9. The summed E-state index contributed by atoms with van der Waals surface area (Å²) in [5, 5.41) is 3.60. The van der Waals surface area contributed by atoms with E-state index < -0.39 is 11.7 Å². The minimum atomic E-state index is -4.41. The second-order valence-corrected chi connectivity index (χ2v) is 5.84. The summed E-state index contributed by atoms with van der Waals surface area (Å²) in [5.41, 5.74) is 0.804. The van der Waals surface area contributed by atoms with Crippen LogP contribution in [0.25, 0.3) is 22.4 Å². The minimum Gasteiger partial charge on any atom is -0.340 e. The first kappa shape index (κ1) is 17.0. The third kappa shape index (κ3) is 3.57. The first-order valence-electron chi connectivity index (χ1n) is 8.13. The summed E-state index contributed by atoms with van der Waals surface area (Å²) in [6.07, 6.45) is -2.81. The zero-order valence-corrected chi connectivity index (χ0v) is 13.9. The van der Waals surface area contributed by atoms with Gasteiger partial charge in [0.1, 0.15) is 5.82 Å². The van der Waals surface area contributed by atoms with Crippen LogP contribution in [0.4, 0.5) is 24.7 Å². The van der Waals surface area contributed by atoms with Gasteiger partial charge in [0.2, 0.25) is 0 Å². The fourth-order valence-electron chi connectivity index (χ4n) is 2.68. The number of hydrogen-bond acceptors (Lipinski definition) is 4. The van der Waals surface area contributed by atoms with E-state index in [0.717, 1.165) is 17.7 Å². The molecule has 0 bridgehead atoms. The summed E-state index contributed by atoms with van der Waals surface area (Å²) in [7, 11) is 0. The Morgan fingerprint density at radius 2 is 1.63 bits per heavy atom.